The van der Waals surface area contributed by atoms with Crippen molar-refractivity contribution in [2.45, 2.75) is 56.6 Å². The van der Waals surface area contributed by atoms with E-state index in [1.165, 1.54) is 32.0 Å². The summed E-state index contributed by atoms with van der Waals surface area (Å²) in [4.78, 5) is 18.5. The SMILES string of the molecule is CC(C)(N[C@@H]1C[C@H](c2cccc(OC(F)(F)F)c2)N(c2ccc(C(F)(F)F)cc2)C1=O)c1cccc(C(F)(F)F)n1. The molecule has 2 aromatic carbocycles. The summed E-state index contributed by atoms with van der Waals surface area (Å²) < 4.78 is 122. The van der Waals surface area contributed by atoms with E-state index in [1.54, 1.807) is 0 Å². The minimum absolute atomic E-state index is 0.0365. The molecule has 2 heterocycles. The second-order valence-corrected chi connectivity index (χ2v) is 9.85. The Bertz CT molecular complexity index is 1400. The van der Waals surface area contributed by atoms with Crippen molar-refractivity contribution in [3.63, 3.8) is 0 Å². The third-order valence-electron chi connectivity index (χ3n) is 6.47. The van der Waals surface area contributed by atoms with Crippen LogP contribution in [-0.4, -0.2) is 23.3 Å². The number of aromatic nitrogens is 1. The number of hydrogen-bond acceptors (Lipinski definition) is 4. The average Bonchev–Trinajstić information content (AvgIpc) is 3.17. The molecule has 1 aliphatic rings. The topological polar surface area (TPSA) is 54.5 Å². The number of hydrogen-bond donors (Lipinski definition) is 1. The molecular weight excluding hydrogens is 569 g/mol. The maximum Gasteiger partial charge on any atom is 0.573 e. The van der Waals surface area contributed by atoms with E-state index >= 15 is 0 Å². The Kier molecular flexibility index (Phi) is 7.76. The van der Waals surface area contributed by atoms with Gasteiger partial charge in [-0.2, -0.15) is 26.3 Å². The van der Waals surface area contributed by atoms with Crippen molar-refractivity contribution < 1.29 is 49.0 Å². The molecule has 14 heteroatoms. The first kappa shape index (κ1) is 30.2. The number of nitrogens with one attached hydrogen (secondary N) is 1. The van der Waals surface area contributed by atoms with Crippen LogP contribution in [-0.2, 0) is 22.7 Å². The number of alkyl halides is 9. The van der Waals surface area contributed by atoms with Gasteiger partial charge in [0.15, 0.2) is 0 Å². The molecule has 1 N–H and O–H groups in total. The van der Waals surface area contributed by atoms with E-state index in [4.69, 9.17) is 0 Å². The van der Waals surface area contributed by atoms with Gasteiger partial charge in [0.25, 0.3) is 0 Å². The molecule has 41 heavy (non-hydrogen) atoms. The van der Waals surface area contributed by atoms with Crippen molar-refractivity contribution in [2.75, 3.05) is 4.90 Å². The van der Waals surface area contributed by atoms with Gasteiger partial charge in [0.1, 0.15) is 11.4 Å². The lowest BCUT2D eigenvalue weighted by Crippen LogP contribution is -2.48. The molecule has 0 spiro atoms. The summed E-state index contributed by atoms with van der Waals surface area (Å²) in [5.74, 6) is -1.23. The van der Waals surface area contributed by atoms with E-state index in [0.29, 0.717) is 0 Å². The fraction of sp³-hybridized carbons (Fsp3) is 0.333. The van der Waals surface area contributed by atoms with Crippen LogP contribution in [0, 0.1) is 0 Å². The van der Waals surface area contributed by atoms with Gasteiger partial charge in [0, 0.05) is 5.69 Å². The Hall–Kier alpha value is -3.81. The van der Waals surface area contributed by atoms with Crippen molar-refractivity contribution in [2.24, 2.45) is 0 Å². The molecule has 0 unspecified atom stereocenters. The lowest BCUT2D eigenvalue weighted by atomic mass is 9.96. The highest BCUT2D eigenvalue weighted by molar-refractivity contribution is 6.00. The van der Waals surface area contributed by atoms with E-state index < -0.39 is 59.3 Å². The largest absolute Gasteiger partial charge is 0.573 e. The lowest BCUT2D eigenvalue weighted by molar-refractivity contribution is -0.274. The van der Waals surface area contributed by atoms with Gasteiger partial charge in [-0.15, -0.1) is 13.2 Å². The van der Waals surface area contributed by atoms with Crippen LogP contribution >= 0.6 is 0 Å². The number of benzene rings is 2. The van der Waals surface area contributed by atoms with Crippen LogP contribution in [0.3, 0.4) is 0 Å². The maximum absolute atomic E-state index is 13.7. The quantitative estimate of drug-likeness (QED) is 0.304. The number of carbonyl (C=O) groups is 1. The van der Waals surface area contributed by atoms with Crippen molar-refractivity contribution in [1.29, 1.82) is 0 Å². The second kappa shape index (κ2) is 10.5. The fourth-order valence-corrected chi connectivity index (χ4v) is 4.64. The van der Waals surface area contributed by atoms with Crippen molar-refractivity contribution in [3.8, 4) is 5.75 Å². The number of nitrogens with zero attached hydrogens (tertiary/aromatic N) is 2. The van der Waals surface area contributed by atoms with Crippen molar-refractivity contribution in [3.05, 3.63) is 89.2 Å². The smallest absolute Gasteiger partial charge is 0.406 e. The molecule has 3 aromatic rings. The first-order chi connectivity index (χ1) is 18.8. The van der Waals surface area contributed by atoms with Crippen molar-refractivity contribution >= 4 is 11.6 Å². The maximum atomic E-state index is 13.7. The van der Waals surface area contributed by atoms with E-state index in [-0.39, 0.29) is 23.4 Å². The molecule has 0 aliphatic carbocycles. The van der Waals surface area contributed by atoms with Crippen LogP contribution in [0.4, 0.5) is 45.2 Å². The monoisotopic (exact) mass is 591 g/mol. The van der Waals surface area contributed by atoms with E-state index in [0.717, 1.165) is 53.4 Å². The Morgan fingerprint density at radius 3 is 2.02 bits per heavy atom. The molecule has 0 saturated carbocycles. The molecule has 1 aromatic heterocycles. The molecule has 1 saturated heterocycles. The fourth-order valence-electron chi connectivity index (χ4n) is 4.64. The number of anilines is 1. The molecule has 0 radical (unpaired) electrons. The van der Waals surface area contributed by atoms with E-state index in [1.807, 2.05) is 0 Å². The number of ether oxygens (including phenoxy) is 1. The molecule has 220 valence electrons. The highest BCUT2D eigenvalue weighted by Gasteiger charge is 2.44. The molecular formula is C27H22F9N3O2. The minimum Gasteiger partial charge on any atom is -0.406 e. The highest BCUT2D eigenvalue weighted by atomic mass is 19.4. The zero-order valence-electron chi connectivity index (χ0n) is 21.3. The molecule has 1 fully saturated rings. The predicted octanol–water partition coefficient (Wildman–Crippen LogP) is 7.39. The number of amides is 1. The zero-order valence-corrected chi connectivity index (χ0v) is 21.3. The van der Waals surface area contributed by atoms with Crippen LogP contribution in [0.5, 0.6) is 5.75 Å². The van der Waals surface area contributed by atoms with Crippen LogP contribution in [0.25, 0.3) is 0 Å². The molecule has 4 rings (SSSR count). The van der Waals surface area contributed by atoms with Gasteiger partial charge in [-0.1, -0.05) is 18.2 Å². The average molecular weight is 591 g/mol. The molecule has 1 amide bonds. The zero-order chi connectivity index (χ0) is 30.4. The molecule has 2 atom stereocenters. The summed E-state index contributed by atoms with van der Waals surface area (Å²) in [5, 5.41) is 2.98. The van der Waals surface area contributed by atoms with Gasteiger partial charge < -0.3 is 9.64 Å². The Balaban J connectivity index is 1.71. The van der Waals surface area contributed by atoms with Gasteiger partial charge >= 0.3 is 18.7 Å². The lowest BCUT2D eigenvalue weighted by Gasteiger charge is -2.29. The van der Waals surface area contributed by atoms with Gasteiger partial charge in [0.05, 0.1) is 28.9 Å². The summed E-state index contributed by atoms with van der Waals surface area (Å²) in [6.45, 7) is 2.99. The van der Waals surface area contributed by atoms with Gasteiger partial charge in [-0.25, -0.2) is 4.98 Å². The molecule has 5 nitrogen and oxygen atoms in total. The Morgan fingerprint density at radius 2 is 1.44 bits per heavy atom. The summed E-state index contributed by atoms with van der Waals surface area (Å²) >= 11 is 0. The van der Waals surface area contributed by atoms with Crippen molar-refractivity contribution in [1.82, 2.24) is 10.3 Å². The molecule has 0 bridgehead atoms. The van der Waals surface area contributed by atoms with Crippen LogP contribution in [0.1, 0.15) is 48.8 Å². The number of rotatable bonds is 6. The predicted molar refractivity (Wildman–Crippen MR) is 129 cm³/mol. The van der Waals surface area contributed by atoms with E-state index in [2.05, 4.69) is 15.0 Å². The Morgan fingerprint density at radius 1 is 0.829 bits per heavy atom. The second-order valence-electron chi connectivity index (χ2n) is 9.85. The summed E-state index contributed by atoms with van der Waals surface area (Å²) in [6, 6.07) is 9.69. The van der Waals surface area contributed by atoms with Gasteiger partial charge in [-0.3, -0.25) is 10.1 Å². The molecule has 1 aliphatic heterocycles. The standard InChI is InChI=1S/C27H22F9N3O2/c1-24(2,21-7-4-8-22(37-21)26(31,32)33)38-19-14-20(15-5-3-6-18(13-15)41-27(34,35)36)39(23(19)40)17-11-9-16(10-12-17)25(28,29)30/h3-13,19-20,38H,14H2,1-2H3/t19-,20-/m1/s1. The Labute approximate surface area is 227 Å². The minimum atomic E-state index is -5.00. The van der Waals surface area contributed by atoms with Gasteiger partial charge in [0.2, 0.25) is 5.91 Å². The van der Waals surface area contributed by atoms with E-state index in [9.17, 15) is 44.3 Å². The number of carbonyl (C=O) groups excluding carboxylic acids is 1. The summed E-state index contributed by atoms with van der Waals surface area (Å²) in [7, 11) is 0. The third kappa shape index (κ3) is 6.92. The third-order valence-corrected chi connectivity index (χ3v) is 6.47. The van der Waals surface area contributed by atoms with Crippen LogP contribution in [0.2, 0.25) is 0 Å². The number of pyridine rings is 1. The summed E-state index contributed by atoms with van der Waals surface area (Å²) in [6.07, 6.45) is -14.5. The first-order valence-corrected chi connectivity index (χ1v) is 12.0. The van der Waals surface area contributed by atoms with Gasteiger partial charge in [-0.05, 0) is 74.4 Å². The summed E-state index contributed by atoms with van der Waals surface area (Å²) in [5.41, 5.74) is -3.23. The normalized spacial score (nSPS) is 18.6. The first-order valence-electron chi connectivity index (χ1n) is 12.0. The number of halogens is 9. The van der Waals surface area contributed by atoms with Crippen LogP contribution in [0.15, 0.2) is 66.7 Å². The van der Waals surface area contributed by atoms with Crippen LogP contribution < -0.4 is 15.0 Å². The highest BCUT2D eigenvalue weighted by Crippen LogP contribution is 2.41.